The number of fused-ring (bicyclic) bond motifs is 5. The third kappa shape index (κ3) is 5.75. The van der Waals surface area contributed by atoms with Gasteiger partial charge >= 0.3 is 0 Å². The molecule has 250 valence electrons. The summed E-state index contributed by atoms with van der Waals surface area (Å²) in [6.07, 6.45) is 16.8. The van der Waals surface area contributed by atoms with Crippen molar-refractivity contribution in [2.24, 2.45) is 17.8 Å². The highest BCUT2D eigenvalue weighted by atomic mass is 15.0. The first-order valence-corrected chi connectivity index (χ1v) is 18.6. The smallest absolute Gasteiger partial charge is 0.164 e. The molecular formula is C47H42N4. The van der Waals surface area contributed by atoms with Gasteiger partial charge in [-0.25, -0.2) is 15.0 Å². The minimum Gasteiger partial charge on any atom is -0.208 e. The van der Waals surface area contributed by atoms with Crippen LogP contribution in [0.1, 0.15) is 86.4 Å². The lowest BCUT2D eigenvalue weighted by Crippen LogP contribution is -2.43. The van der Waals surface area contributed by atoms with Crippen LogP contribution in [0.5, 0.6) is 0 Å². The minimum absolute atomic E-state index is 0.246. The van der Waals surface area contributed by atoms with Gasteiger partial charge in [-0.2, -0.15) is 5.26 Å². The Morgan fingerprint density at radius 1 is 0.647 bits per heavy atom. The lowest BCUT2D eigenvalue weighted by atomic mass is 9.53. The van der Waals surface area contributed by atoms with E-state index in [0.29, 0.717) is 23.0 Å². The van der Waals surface area contributed by atoms with Crippen LogP contribution in [-0.4, -0.2) is 15.0 Å². The Kier molecular flexibility index (Phi) is 7.88. The average molecular weight is 663 g/mol. The molecule has 5 atom stereocenters. The molecule has 51 heavy (non-hydrogen) atoms. The van der Waals surface area contributed by atoms with Gasteiger partial charge in [-0.05, 0) is 125 Å². The molecule has 1 heterocycles. The molecule has 4 nitrogen and oxygen atoms in total. The van der Waals surface area contributed by atoms with Crippen molar-refractivity contribution < 1.29 is 0 Å². The molecule has 4 heteroatoms. The summed E-state index contributed by atoms with van der Waals surface area (Å²) >= 11 is 0. The number of benzene rings is 4. The van der Waals surface area contributed by atoms with E-state index in [2.05, 4.69) is 111 Å². The fourth-order valence-electron chi connectivity index (χ4n) is 10.1. The summed E-state index contributed by atoms with van der Waals surface area (Å²) in [5.74, 6) is 4.52. The molecule has 9 rings (SSSR count). The first-order valence-electron chi connectivity index (χ1n) is 18.6. The third-order valence-corrected chi connectivity index (χ3v) is 11.9. The van der Waals surface area contributed by atoms with Crippen molar-refractivity contribution in [3.8, 4) is 40.0 Å². The molecule has 2 saturated carbocycles. The molecule has 1 aromatic heterocycles. The van der Waals surface area contributed by atoms with Gasteiger partial charge in [0.25, 0.3) is 0 Å². The Bertz CT molecular complexity index is 2250. The summed E-state index contributed by atoms with van der Waals surface area (Å²) in [5, 5.41) is 9.47. The quantitative estimate of drug-likeness (QED) is 0.188. The molecule has 4 aromatic carbocycles. The van der Waals surface area contributed by atoms with Gasteiger partial charge in [0.2, 0.25) is 0 Å². The molecule has 5 aromatic rings. The Hall–Kier alpha value is -5.40. The SMILES string of the molecule is C[C@@H]1C[C@@H]2C[C@H](C)CC(c3cccc4c3C3CC=CC(c5nc(-c6ccc(C#N)cc6)nc(-c6cccc(-c7ccccc7)c6)n5)=C3C=C4)(C1)C2. The topological polar surface area (TPSA) is 62.5 Å². The maximum Gasteiger partial charge on any atom is 0.164 e. The molecule has 0 aliphatic heterocycles. The number of hydrogen-bond acceptors (Lipinski definition) is 4. The van der Waals surface area contributed by atoms with Gasteiger partial charge in [0.05, 0.1) is 11.6 Å². The summed E-state index contributed by atoms with van der Waals surface area (Å²) < 4.78 is 0. The van der Waals surface area contributed by atoms with Crippen molar-refractivity contribution in [3.63, 3.8) is 0 Å². The zero-order chi connectivity index (χ0) is 34.5. The predicted octanol–water partition coefficient (Wildman–Crippen LogP) is 11.4. The van der Waals surface area contributed by atoms with E-state index >= 15 is 0 Å². The minimum atomic E-state index is 0.246. The van der Waals surface area contributed by atoms with E-state index in [1.807, 2.05) is 30.3 Å². The number of allylic oxidation sites excluding steroid dienone is 5. The number of nitriles is 1. The van der Waals surface area contributed by atoms with Gasteiger partial charge in [-0.15, -0.1) is 0 Å². The maximum absolute atomic E-state index is 9.47. The summed E-state index contributed by atoms with van der Waals surface area (Å²) in [6, 6.07) is 35.7. The Balaban J connectivity index is 1.19. The summed E-state index contributed by atoms with van der Waals surface area (Å²) in [6.45, 7) is 4.97. The van der Waals surface area contributed by atoms with Crippen LogP contribution in [0.25, 0.3) is 45.6 Å². The predicted molar refractivity (Wildman–Crippen MR) is 206 cm³/mol. The van der Waals surface area contributed by atoms with Gasteiger partial charge in [-0.1, -0.05) is 105 Å². The standard InChI is InChI=1S/C47H42N4/c1-30-23-33-24-31(2)27-47(26-30,28-33)42-16-7-11-35-21-22-39-40(43(35)42)14-8-15-41(39)46-50-44(36-19-17-32(29-48)18-20-36)49-45(51-46)38-13-6-12-37(25-38)34-9-4-3-5-10-34/h3-13,15-22,25,30-31,33,40H,14,23-24,26-28H2,1-2H3/t30-,31+,33-,40?,47?. The Morgan fingerprint density at radius 3 is 2.10 bits per heavy atom. The first kappa shape index (κ1) is 31.6. The molecular weight excluding hydrogens is 621 g/mol. The lowest BCUT2D eigenvalue weighted by Gasteiger charge is -2.52. The number of aromatic nitrogens is 3. The molecule has 0 N–H and O–H groups in total. The molecule has 0 spiro atoms. The zero-order valence-corrected chi connectivity index (χ0v) is 29.4. The second-order valence-electron chi connectivity index (χ2n) is 15.6. The van der Waals surface area contributed by atoms with Crippen molar-refractivity contribution in [2.45, 2.75) is 63.7 Å². The molecule has 0 radical (unpaired) electrons. The van der Waals surface area contributed by atoms with E-state index < -0.39 is 0 Å². The van der Waals surface area contributed by atoms with E-state index in [1.165, 1.54) is 48.8 Å². The fourth-order valence-corrected chi connectivity index (χ4v) is 10.1. The fraction of sp³-hybridized carbons (Fsp3) is 0.277. The molecule has 4 aliphatic rings. The van der Waals surface area contributed by atoms with Crippen LogP contribution in [0.2, 0.25) is 0 Å². The highest BCUT2D eigenvalue weighted by Gasteiger charge is 2.47. The van der Waals surface area contributed by atoms with E-state index in [1.54, 1.807) is 5.56 Å². The number of hydrogen-bond donors (Lipinski definition) is 0. The molecule has 0 amide bonds. The lowest BCUT2D eigenvalue weighted by molar-refractivity contribution is 0.0772. The third-order valence-electron chi connectivity index (χ3n) is 11.9. The van der Waals surface area contributed by atoms with Crippen molar-refractivity contribution in [3.05, 3.63) is 149 Å². The zero-order valence-electron chi connectivity index (χ0n) is 29.4. The first-order chi connectivity index (χ1) is 25.0. The van der Waals surface area contributed by atoms with Crippen LogP contribution in [0.3, 0.4) is 0 Å². The normalized spacial score (nSPS) is 24.8. The maximum atomic E-state index is 9.47. The van der Waals surface area contributed by atoms with Crippen LogP contribution in [0.15, 0.2) is 121 Å². The van der Waals surface area contributed by atoms with Crippen LogP contribution >= 0.6 is 0 Å². The van der Waals surface area contributed by atoms with Crippen LogP contribution in [0.4, 0.5) is 0 Å². The summed E-state index contributed by atoms with van der Waals surface area (Å²) in [5.41, 5.74) is 11.8. The van der Waals surface area contributed by atoms with E-state index in [9.17, 15) is 5.26 Å². The number of rotatable bonds is 5. The highest BCUT2D eigenvalue weighted by molar-refractivity contribution is 5.84. The summed E-state index contributed by atoms with van der Waals surface area (Å²) in [4.78, 5) is 15.5. The van der Waals surface area contributed by atoms with E-state index in [0.717, 1.165) is 52.0 Å². The Labute approximate surface area is 301 Å². The van der Waals surface area contributed by atoms with Gasteiger partial charge < -0.3 is 0 Å². The molecule has 2 bridgehead atoms. The van der Waals surface area contributed by atoms with Gasteiger partial charge in [0.1, 0.15) is 0 Å². The van der Waals surface area contributed by atoms with Crippen molar-refractivity contribution >= 4 is 11.6 Å². The van der Waals surface area contributed by atoms with Gasteiger partial charge in [0, 0.05) is 22.6 Å². The highest BCUT2D eigenvalue weighted by Crippen LogP contribution is 2.57. The van der Waals surface area contributed by atoms with Crippen molar-refractivity contribution in [2.75, 3.05) is 0 Å². The van der Waals surface area contributed by atoms with Crippen molar-refractivity contribution in [1.29, 1.82) is 5.26 Å². The summed E-state index contributed by atoms with van der Waals surface area (Å²) in [7, 11) is 0. The molecule has 2 fully saturated rings. The van der Waals surface area contributed by atoms with Crippen LogP contribution in [0, 0.1) is 29.1 Å². The second kappa shape index (κ2) is 12.7. The van der Waals surface area contributed by atoms with Gasteiger partial charge in [0.15, 0.2) is 17.5 Å². The average Bonchev–Trinajstić information content (AvgIpc) is 3.17. The largest absolute Gasteiger partial charge is 0.208 e. The van der Waals surface area contributed by atoms with Crippen LogP contribution < -0.4 is 0 Å². The van der Waals surface area contributed by atoms with Gasteiger partial charge in [-0.3, -0.25) is 0 Å². The Morgan fingerprint density at radius 2 is 1.33 bits per heavy atom. The van der Waals surface area contributed by atoms with E-state index in [-0.39, 0.29) is 11.3 Å². The van der Waals surface area contributed by atoms with E-state index in [4.69, 9.17) is 15.0 Å². The molecule has 0 saturated heterocycles. The molecule has 4 aliphatic carbocycles. The van der Waals surface area contributed by atoms with Crippen LogP contribution in [-0.2, 0) is 5.41 Å². The second-order valence-corrected chi connectivity index (χ2v) is 15.6. The number of nitrogens with zero attached hydrogens (tertiary/aromatic N) is 4. The monoisotopic (exact) mass is 662 g/mol. The van der Waals surface area contributed by atoms with Crippen molar-refractivity contribution in [1.82, 2.24) is 15.0 Å². The molecule has 2 unspecified atom stereocenters.